The molecule has 0 spiro atoms. The Morgan fingerprint density at radius 2 is 2.60 bits per heavy atom. The fourth-order valence-corrected chi connectivity index (χ4v) is 1.17. The van der Waals surface area contributed by atoms with Crippen LogP contribution in [0, 0.1) is 0 Å². The van der Waals surface area contributed by atoms with Gasteiger partial charge in [0.25, 0.3) is 0 Å². The molecule has 0 aliphatic rings. The molecular formula is C6H9ClN2S. The maximum absolute atomic E-state index is 5.60. The number of aryl methyl sites for hydroxylation is 1. The van der Waals surface area contributed by atoms with Crippen molar-refractivity contribution < 1.29 is 0 Å². The summed E-state index contributed by atoms with van der Waals surface area (Å²) in [6, 6.07) is 1.79. The van der Waals surface area contributed by atoms with E-state index in [1.807, 2.05) is 10.9 Å². The summed E-state index contributed by atoms with van der Waals surface area (Å²) in [5.74, 6) is 1.08. The minimum atomic E-state index is 0.570. The number of hydrogen-bond acceptors (Lipinski definition) is 2. The van der Waals surface area contributed by atoms with Crippen molar-refractivity contribution in [3.8, 4) is 0 Å². The maximum atomic E-state index is 5.60. The van der Waals surface area contributed by atoms with Crippen molar-refractivity contribution in [2.24, 2.45) is 0 Å². The molecule has 0 radical (unpaired) electrons. The summed E-state index contributed by atoms with van der Waals surface area (Å²) in [5.41, 5.74) is 0. The lowest BCUT2D eigenvalue weighted by Gasteiger charge is -1.96. The van der Waals surface area contributed by atoms with E-state index in [1.54, 1.807) is 17.8 Å². The lowest BCUT2D eigenvalue weighted by Crippen LogP contribution is -1.99. The van der Waals surface area contributed by atoms with Gasteiger partial charge in [-0.1, -0.05) is 11.6 Å². The molecule has 10 heavy (non-hydrogen) atoms. The first-order chi connectivity index (χ1) is 4.83. The molecule has 0 saturated carbocycles. The minimum absolute atomic E-state index is 0.570. The average molecular weight is 177 g/mol. The summed E-state index contributed by atoms with van der Waals surface area (Å²) in [6.45, 7) is 0.938. The van der Waals surface area contributed by atoms with Gasteiger partial charge in [-0.05, 0) is 12.3 Å². The number of aromatic nitrogens is 2. The predicted octanol–water partition coefficient (Wildman–Crippen LogP) is 1.90. The molecule has 56 valence electrons. The van der Waals surface area contributed by atoms with Crippen LogP contribution in [0.3, 0.4) is 0 Å². The average Bonchev–Trinajstić information content (AvgIpc) is 2.31. The number of hydrogen-bond donors (Lipinski definition) is 0. The van der Waals surface area contributed by atoms with Gasteiger partial charge >= 0.3 is 0 Å². The van der Waals surface area contributed by atoms with Crippen LogP contribution in [-0.2, 0) is 6.54 Å². The molecule has 1 rings (SSSR count). The van der Waals surface area contributed by atoms with Crippen molar-refractivity contribution >= 4 is 23.4 Å². The molecule has 1 heterocycles. The van der Waals surface area contributed by atoms with Crippen LogP contribution in [0.5, 0.6) is 0 Å². The van der Waals surface area contributed by atoms with Crippen LogP contribution in [0.25, 0.3) is 0 Å². The standard InChI is InChI=1S/C6H9ClN2S/c1-10-5-4-9-3-2-6(7)8-9/h2-3H,4-5H2,1H3. The minimum Gasteiger partial charge on any atom is -0.270 e. The van der Waals surface area contributed by atoms with Crippen LogP contribution in [0.15, 0.2) is 12.3 Å². The van der Waals surface area contributed by atoms with Gasteiger partial charge in [0.05, 0.1) is 0 Å². The summed E-state index contributed by atoms with van der Waals surface area (Å²) in [4.78, 5) is 0. The Kier molecular flexibility index (Phi) is 3.09. The van der Waals surface area contributed by atoms with E-state index in [0.29, 0.717) is 5.15 Å². The molecule has 4 heteroatoms. The van der Waals surface area contributed by atoms with Gasteiger partial charge in [-0.15, -0.1) is 0 Å². The van der Waals surface area contributed by atoms with E-state index >= 15 is 0 Å². The molecule has 0 unspecified atom stereocenters. The second-order valence-corrected chi connectivity index (χ2v) is 3.27. The van der Waals surface area contributed by atoms with E-state index in [0.717, 1.165) is 12.3 Å². The van der Waals surface area contributed by atoms with Gasteiger partial charge in [-0.3, -0.25) is 4.68 Å². The van der Waals surface area contributed by atoms with E-state index in [1.165, 1.54) is 0 Å². The molecule has 0 aliphatic carbocycles. The predicted molar refractivity (Wildman–Crippen MR) is 45.6 cm³/mol. The van der Waals surface area contributed by atoms with Crippen LogP contribution in [-0.4, -0.2) is 21.8 Å². The highest BCUT2D eigenvalue weighted by Crippen LogP contribution is 2.03. The molecule has 0 fully saturated rings. The van der Waals surface area contributed by atoms with Gasteiger partial charge in [-0.2, -0.15) is 16.9 Å². The highest BCUT2D eigenvalue weighted by molar-refractivity contribution is 7.98. The highest BCUT2D eigenvalue weighted by atomic mass is 35.5. The Morgan fingerprint density at radius 1 is 1.80 bits per heavy atom. The van der Waals surface area contributed by atoms with Crippen molar-refractivity contribution in [3.05, 3.63) is 17.4 Å². The van der Waals surface area contributed by atoms with E-state index in [4.69, 9.17) is 11.6 Å². The summed E-state index contributed by atoms with van der Waals surface area (Å²) in [5, 5.41) is 4.59. The van der Waals surface area contributed by atoms with Gasteiger partial charge in [0.1, 0.15) is 0 Å². The fraction of sp³-hybridized carbons (Fsp3) is 0.500. The number of rotatable bonds is 3. The van der Waals surface area contributed by atoms with Crippen LogP contribution in [0.1, 0.15) is 0 Å². The van der Waals surface area contributed by atoms with E-state index in [2.05, 4.69) is 11.4 Å². The number of thioether (sulfide) groups is 1. The van der Waals surface area contributed by atoms with Crippen LogP contribution < -0.4 is 0 Å². The Labute approximate surface area is 69.6 Å². The number of halogens is 1. The van der Waals surface area contributed by atoms with Crippen molar-refractivity contribution in [2.45, 2.75) is 6.54 Å². The summed E-state index contributed by atoms with van der Waals surface area (Å²) in [6.07, 6.45) is 3.96. The smallest absolute Gasteiger partial charge is 0.151 e. The van der Waals surface area contributed by atoms with Gasteiger partial charge in [0.2, 0.25) is 0 Å². The largest absolute Gasteiger partial charge is 0.270 e. The normalized spacial score (nSPS) is 10.2. The first kappa shape index (κ1) is 7.95. The van der Waals surface area contributed by atoms with Crippen molar-refractivity contribution in [3.63, 3.8) is 0 Å². The zero-order chi connectivity index (χ0) is 7.40. The summed E-state index contributed by atoms with van der Waals surface area (Å²) >= 11 is 7.40. The lowest BCUT2D eigenvalue weighted by atomic mass is 10.7. The summed E-state index contributed by atoms with van der Waals surface area (Å²) in [7, 11) is 0. The third kappa shape index (κ3) is 2.23. The molecule has 0 aromatic carbocycles. The lowest BCUT2D eigenvalue weighted by molar-refractivity contribution is 0.667. The molecular weight excluding hydrogens is 168 g/mol. The molecule has 0 atom stereocenters. The molecule has 1 aromatic rings. The van der Waals surface area contributed by atoms with Crippen molar-refractivity contribution in [2.75, 3.05) is 12.0 Å². The first-order valence-corrected chi connectivity index (χ1v) is 4.78. The summed E-state index contributed by atoms with van der Waals surface area (Å²) < 4.78 is 1.85. The second-order valence-electron chi connectivity index (χ2n) is 1.89. The van der Waals surface area contributed by atoms with Gasteiger partial charge in [0.15, 0.2) is 5.15 Å². The number of nitrogens with zero attached hydrogens (tertiary/aromatic N) is 2. The van der Waals surface area contributed by atoms with Crippen LogP contribution >= 0.6 is 23.4 Å². The SMILES string of the molecule is CSCCn1ccc(Cl)n1. The molecule has 0 saturated heterocycles. The van der Waals surface area contributed by atoms with Crippen molar-refractivity contribution in [1.82, 2.24) is 9.78 Å². The third-order valence-electron chi connectivity index (χ3n) is 1.13. The monoisotopic (exact) mass is 176 g/mol. The quantitative estimate of drug-likeness (QED) is 0.700. The Morgan fingerprint density at radius 3 is 3.10 bits per heavy atom. The molecule has 0 amide bonds. The second kappa shape index (κ2) is 3.88. The van der Waals surface area contributed by atoms with Crippen LogP contribution in [0.4, 0.5) is 0 Å². The van der Waals surface area contributed by atoms with Gasteiger partial charge < -0.3 is 0 Å². The molecule has 0 N–H and O–H groups in total. The van der Waals surface area contributed by atoms with E-state index in [-0.39, 0.29) is 0 Å². The van der Waals surface area contributed by atoms with Gasteiger partial charge in [-0.25, -0.2) is 0 Å². The Bertz CT molecular complexity index is 199. The van der Waals surface area contributed by atoms with Gasteiger partial charge in [0, 0.05) is 18.5 Å². The maximum Gasteiger partial charge on any atom is 0.151 e. The first-order valence-electron chi connectivity index (χ1n) is 3.01. The van der Waals surface area contributed by atoms with E-state index in [9.17, 15) is 0 Å². The van der Waals surface area contributed by atoms with Crippen LogP contribution in [0.2, 0.25) is 5.15 Å². The zero-order valence-electron chi connectivity index (χ0n) is 5.75. The Balaban J connectivity index is 2.42. The zero-order valence-corrected chi connectivity index (χ0v) is 7.32. The molecule has 2 nitrogen and oxygen atoms in total. The molecule has 1 aromatic heterocycles. The molecule has 0 bridgehead atoms. The third-order valence-corrected chi connectivity index (χ3v) is 1.93. The molecule has 0 aliphatic heterocycles. The van der Waals surface area contributed by atoms with E-state index < -0.39 is 0 Å². The highest BCUT2D eigenvalue weighted by Gasteiger charge is 1.92. The van der Waals surface area contributed by atoms with Crippen molar-refractivity contribution in [1.29, 1.82) is 0 Å². The topological polar surface area (TPSA) is 17.8 Å². The fourth-order valence-electron chi connectivity index (χ4n) is 0.646. The Hall–Kier alpha value is -0.150.